The van der Waals surface area contributed by atoms with Crippen molar-refractivity contribution in [1.29, 1.82) is 0 Å². The lowest BCUT2D eigenvalue weighted by atomic mass is 9.34. The molecule has 0 saturated heterocycles. The molecule has 6 heteroatoms. The topological polar surface area (TPSA) is 8.17 Å². The van der Waals surface area contributed by atoms with Gasteiger partial charge in [-0.1, -0.05) is 261 Å². The fourth-order valence-electron chi connectivity index (χ4n) is 12.8. The Kier molecular flexibility index (Phi) is 12.4. The van der Waals surface area contributed by atoms with Crippen molar-refractivity contribution in [3.05, 3.63) is 233 Å². The van der Waals surface area contributed by atoms with E-state index < -0.39 is 11.6 Å². The van der Waals surface area contributed by atoms with Crippen molar-refractivity contribution in [3.63, 3.8) is 0 Å². The minimum absolute atomic E-state index is 0.107. The van der Waals surface area contributed by atoms with Crippen LogP contribution < -0.4 is 21.3 Å². The largest absolute Gasteiger partial charge is 0.310 e. The quantitative estimate of drug-likeness (QED) is 0.153. The lowest BCUT2D eigenvalue weighted by Crippen LogP contribution is -2.60. The number of halogens is 2. The Morgan fingerprint density at radius 3 is 1.43 bits per heavy atom. The molecule has 11 aromatic rings. The van der Waals surface area contributed by atoms with Crippen LogP contribution >= 0.6 is 11.8 Å². The zero-order chi connectivity index (χ0) is 64.2. The lowest BCUT2D eigenvalue weighted by molar-refractivity contribution is 0.568. The molecule has 0 saturated carbocycles. The van der Waals surface area contributed by atoms with Gasteiger partial charge in [-0.05, 0) is 143 Å². The Balaban J connectivity index is 1.20. The molecule has 3 heterocycles. The third-order valence-electron chi connectivity index (χ3n) is 17.9. The van der Waals surface area contributed by atoms with Crippen LogP contribution in [0.25, 0.3) is 72.0 Å². The number of benzene rings is 10. The molecule has 0 bridgehead atoms. The van der Waals surface area contributed by atoms with Gasteiger partial charge in [0.25, 0.3) is 0 Å². The number of rotatable bonds is 6. The molecule has 13 rings (SSSR count). The average molecular weight is 1150 g/mol. The molecule has 0 spiro atoms. The Morgan fingerprint density at radius 1 is 0.395 bits per heavy atom. The summed E-state index contributed by atoms with van der Waals surface area (Å²) in [4.78, 5) is 4.27. The van der Waals surface area contributed by atoms with E-state index in [0.717, 1.165) is 76.3 Å². The molecule has 0 atom stereocenters. The van der Waals surface area contributed by atoms with Crippen molar-refractivity contribution in [2.45, 2.75) is 141 Å². The first-order valence-corrected chi connectivity index (χ1v) is 31.0. The summed E-state index contributed by atoms with van der Waals surface area (Å²) in [5.41, 5.74) is 18.5. The number of hydrogen-bond acceptors (Lipinski definition) is 2. The molecular weight excluding hydrogens is 1070 g/mol. The fourth-order valence-corrected chi connectivity index (χ4v) is 14.0. The van der Waals surface area contributed by atoms with Crippen LogP contribution in [-0.4, -0.2) is 11.3 Å². The molecular formula is C80H77BF2N2S. The summed E-state index contributed by atoms with van der Waals surface area (Å²) in [5.74, 6) is -0.842. The predicted octanol–water partition coefficient (Wildman–Crippen LogP) is 21.0. The van der Waals surface area contributed by atoms with Crippen LogP contribution in [0.5, 0.6) is 0 Å². The second kappa shape index (κ2) is 20.3. The van der Waals surface area contributed by atoms with Gasteiger partial charge in [0.15, 0.2) is 0 Å². The summed E-state index contributed by atoms with van der Waals surface area (Å²) in [7, 11) is 0. The van der Waals surface area contributed by atoms with Crippen molar-refractivity contribution >= 4 is 73.7 Å². The first-order chi connectivity index (χ1) is 42.3. The summed E-state index contributed by atoms with van der Waals surface area (Å²) in [6.45, 7) is 33.3. The highest BCUT2D eigenvalue weighted by Crippen LogP contribution is 2.52. The molecule has 0 unspecified atom stereocenters. The third kappa shape index (κ3) is 9.90. The van der Waals surface area contributed by atoms with E-state index in [4.69, 9.17) is 1.37 Å². The first kappa shape index (κ1) is 52.4. The van der Waals surface area contributed by atoms with Gasteiger partial charge in [-0.2, -0.15) is 0 Å². The van der Waals surface area contributed by atoms with Gasteiger partial charge in [0.1, 0.15) is 11.6 Å². The monoisotopic (exact) mass is 1150 g/mol. The van der Waals surface area contributed by atoms with Crippen molar-refractivity contribution < 1.29 is 14.3 Å². The molecule has 2 aliphatic heterocycles. The molecule has 2 nitrogen and oxygen atoms in total. The van der Waals surface area contributed by atoms with Crippen LogP contribution in [0.15, 0.2) is 204 Å². The van der Waals surface area contributed by atoms with Gasteiger partial charge >= 0.3 is 0 Å². The van der Waals surface area contributed by atoms with E-state index in [2.05, 4.69) is 212 Å². The van der Waals surface area contributed by atoms with Gasteiger partial charge in [-0.15, -0.1) is 0 Å². The van der Waals surface area contributed by atoms with Crippen molar-refractivity contribution in [1.82, 2.24) is 4.57 Å². The van der Waals surface area contributed by atoms with Gasteiger partial charge in [0.2, 0.25) is 6.71 Å². The molecule has 10 aromatic carbocycles. The highest BCUT2D eigenvalue weighted by atomic mass is 32.2. The molecule has 0 radical (unpaired) electrons. The highest BCUT2D eigenvalue weighted by Gasteiger charge is 2.43. The average Bonchev–Trinajstić information content (AvgIpc) is 0.917. The Hall–Kier alpha value is -7.93. The highest BCUT2D eigenvalue weighted by molar-refractivity contribution is 8.00. The van der Waals surface area contributed by atoms with E-state index in [9.17, 15) is 4.11 Å². The smallest absolute Gasteiger partial charge is 0.249 e. The Bertz CT molecular complexity index is 4680. The maximum atomic E-state index is 17.0. The van der Waals surface area contributed by atoms with Crippen molar-refractivity contribution in [2.24, 2.45) is 0 Å². The summed E-state index contributed by atoms with van der Waals surface area (Å²) in [5, 5.41) is 1.16. The van der Waals surface area contributed by atoms with E-state index in [1.54, 1.807) is 36.0 Å². The Labute approximate surface area is 519 Å². The molecule has 86 heavy (non-hydrogen) atoms. The lowest BCUT2D eigenvalue weighted by Gasteiger charge is -2.42. The second-order valence-corrected chi connectivity index (χ2v) is 30.2. The van der Waals surface area contributed by atoms with Gasteiger partial charge in [0.05, 0.1) is 22.2 Å². The van der Waals surface area contributed by atoms with Gasteiger partial charge in [-0.3, -0.25) is 0 Å². The maximum Gasteiger partial charge on any atom is 0.249 e. The summed E-state index contributed by atoms with van der Waals surface area (Å²) in [6, 6.07) is 56.9. The molecule has 0 fully saturated rings. The zero-order valence-corrected chi connectivity index (χ0v) is 53.1. The fraction of sp³-hybridized carbons (Fsp3) is 0.250. The number of anilines is 3. The summed E-state index contributed by atoms with van der Waals surface area (Å²) in [6.07, 6.45) is 0. The number of hydrogen-bond donors (Lipinski definition) is 0. The van der Waals surface area contributed by atoms with Crippen LogP contribution in [0, 0.1) is 11.6 Å². The number of fused-ring (bicyclic) bond motifs is 7. The van der Waals surface area contributed by atoms with E-state index in [1.807, 2.05) is 34.9 Å². The number of para-hydroxylation sites is 2. The zero-order valence-electron chi connectivity index (χ0n) is 56.3. The molecule has 1 aromatic heterocycles. The third-order valence-corrected chi connectivity index (χ3v) is 19.0. The summed E-state index contributed by atoms with van der Waals surface area (Å²) < 4.78 is 73.7. The molecule has 0 aliphatic carbocycles. The predicted molar refractivity (Wildman–Crippen MR) is 366 cm³/mol. The summed E-state index contributed by atoms with van der Waals surface area (Å²) >= 11 is 1.69. The van der Waals surface area contributed by atoms with Gasteiger partial charge in [0, 0.05) is 59.9 Å². The standard InChI is InChI=1S/C80H77BF2N2S/c1-76(2,3)52-33-35-69-63(45-52)60-25-18-21-30-68(60)84(69)57-46-71-74-73(47-57)86-72-36-32-49(51-39-55(79(10,11)12)44-56(40-51)80(13,14)15)42-65(72)81(74)64-41-48(50-37-53(77(4,5)6)43-54(38-50)78(7,8)9)31-34-70(64)85(71)75-61(58-23-16-19-28-66(58)82)26-22-27-62(75)59-24-17-20-29-67(59)83/h16-47H,1-15H3/i18D,21D,25D,30D. The van der Waals surface area contributed by atoms with E-state index >= 15 is 8.78 Å². The SMILES string of the molecule is [2H]c1c([2H])c([2H])c2c(c1[2H])c1cc(C(C)(C)C)ccc1n2-c1cc2c3c(c1)N(c1c(-c4ccccc4F)cccc1-c1ccccc1F)c1ccc(-c4cc(C(C)(C)C)cc(C(C)(C)C)c4)cc1B3c1cc(-c3cc(C(C)(C)C)cc(C(C)(C)C)c3)ccc1S2. The molecule has 0 amide bonds. The van der Waals surface area contributed by atoms with Crippen LogP contribution in [-0.2, 0) is 27.1 Å². The van der Waals surface area contributed by atoms with E-state index in [-0.39, 0.29) is 58.0 Å². The number of nitrogens with zero attached hydrogens (tertiary/aromatic N) is 2. The van der Waals surface area contributed by atoms with Crippen LogP contribution in [0.4, 0.5) is 25.8 Å². The minimum atomic E-state index is -0.421. The second-order valence-electron chi connectivity index (χ2n) is 29.1. The van der Waals surface area contributed by atoms with Crippen molar-refractivity contribution in [3.8, 4) is 50.2 Å². The normalized spacial score (nSPS) is 14.2. The van der Waals surface area contributed by atoms with Crippen LogP contribution in [0.1, 0.15) is 137 Å². The van der Waals surface area contributed by atoms with E-state index in [1.165, 1.54) is 34.4 Å². The minimum Gasteiger partial charge on any atom is -0.310 e. The molecule has 0 N–H and O–H groups in total. The first-order valence-electron chi connectivity index (χ1n) is 32.2. The van der Waals surface area contributed by atoms with Gasteiger partial charge < -0.3 is 9.47 Å². The van der Waals surface area contributed by atoms with Crippen molar-refractivity contribution in [2.75, 3.05) is 4.90 Å². The molecule has 430 valence electrons. The van der Waals surface area contributed by atoms with Crippen LogP contribution in [0.3, 0.4) is 0 Å². The van der Waals surface area contributed by atoms with E-state index in [0.29, 0.717) is 44.5 Å². The van der Waals surface area contributed by atoms with Gasteiger partial charge in [-0.25, -0.2) is 8.78 Å². The maximum absolute atomic E-state index is 17.0. The Morgan fingerprint density at radius 2 is 0.895 bits per heavy atom. The molecule has 2 aliphatic rings. The number of aromatic nitrogens is 1. The van der Waals surface area contributed by atoms with Crippen LogP contribution in [0.2, 0.25) is 0 Å².